The maximum absolute atomic E-state index is 5.87. The molecule has 0 bridgehead atoms. The molecular weight excluding hydrogens is 330 g/mol. The molecule has 0 saturated carbocycles. The zero-order valence-electron chi connectivity index (χ0n) is 11.9. The highest BCUT2D eigenvalue weighted by Crippen LogP contribution is 2.45. The van der Waals surface area contributed by atoms with Crippen LogP contribution in [-0.2, 0) is 6.61 Å². The highest BCUT2D eigenvalue weighted by Gasteiger charge is 2.17. The summed E-state index contributed by atoms with van der Waals surface area (Å²) in [7, 11) is 0. The third-order valence-corrected chi connectivity index (χ3v) is 7.59. The molecule has 0 spiro atoms. The average molecular weight is 346 g/mol. The molecule has 1 aromatic heterocycles. The lowest BCUT2D eigenvalue weighted by atomic mass is 10.2. The second-order valence-electron chi connectivity index (χ2n) is 5.01. The van der Waals surface area contributed by atoms with Gasteiger partial charge in [-0.25, -0.2) is 4.98 Å². The van der Waals surface area contributed by atoms with Crippen LogP contribution in [0.3, 0.4) is 0 Å². The molecule has 5 heteroatoms. The highest BCUT2D eigenvalue weighted by atomic mass is 32.2. The standard InChI is InChI=1S/C17H15NOS3/c1-2-4-15-14(3-1)18-16(22-15)11-19-13-7-5-12(6-8-13)17-20-9-10-21-17/h1-8,17H,9-11H2. The number of para-hydroxylation sites is 1. The fraction of sp³-hybridized carbons (Fsp3) is 0.235. The van der Waals surface area contributed by atoms with E-state index in [1.165, 1.54) is 21.8 Å². The lowest BCUT2D eigenvalue weighted by Crippen LogP contribution is -1.95. The summed E-state index contributed by atoms with van der Waals surface area (Å²) < 4.78 is 7.68. The minimum Gasteiger partial charge on any atom is -0.486 e. The summed E-state index contributed by atoms with van der Waals surface area (Å²) >= 11 is 5.75. The molecule has 2 aromatic carbocycles. The highest BCUT2D eigenvalue weighted by molar-refractivity contribution is 8.19. The van der Waals surface area contributed by atoms with Crippen molar-refractivity contribution < 1.29 is 4.74 Å². The van der Waals surface area contributed by atoms with Crippen LogP contribution in [0.5, 0.6) is 5.75 Å². The van der Waals surface area contributed by atoms with E-state index in [1.807, 2.05) is 41.7 Å². The Kier molecular flexibility index (Phi) is 4.28. The molecule has 0 N–H and O–H groups in total. The van der Waals surface area contributed by atoms with E-state index in [0.717, 1.165) is 16.3 Å². The van der Waals surface area contributed by atoms with Crippen LogP contribution >= 0.6 is 34.9 Å². The predicted molar refractivity (Wildman–Crippen MR) is 98.1 cm³/mol. The Bertz CT molecular complexity index is 730. The minimum absolute atomic E-state index is 0.533. The van der Waals surface area contributed by atoms with E-state index in [9.17, 15) is 0 Å². The van der Waals surface area contributed by atoms with Crippen LogP contribution in [0.1, 0.15) is 15.2 Å². The van der Waals surface area contributed by atoms with Crippen molar-refractivity contribution in [1.82, 2.24) is 4.98 Å². The van der Waals surface area contributed by atoms with E-state index in [0.29, 0.717) is 11.2 Å². The predicted octanol–water partition coefficient (Wildman–Crippen LogP) is 5.35. The number of thioether (sulfide) groups is 2. The summed E-state index contributed by atoms with van der Waals surface area (Å²) in [6.45, 7) is 0.533. The Morgan fingerprint density at radius 3 is 2.55 bits per heavy atom. The molecule has 0 amide bonds. The molecule has 3 aromatic rings. The van der Waals surface area contributed by atoms with Crippen molar-refractivity contribution in [3.63, 3.8) is 0 Å². The molecule has 0 unspecified atom stereocenters. The first-order valence-electron chi connectivity index (χ1n) is 7.19. The van der Waals surface area contributed by atoms with Gasteiger partial charge in [0.05, 0.1) is 14.8 Å². The molecule has 112 valence electrons. The number of nitrogens with zero attached hydrogens (tertiary/aromatic N) is 1. The molecule has 1 fully saturated rings. The number of thiazole rings is 1. The second kappa shape index (κ2) is 6.52. The maximum Gasteiger partial charge on any atom is 0.140 e. The van der Waals surface area contributed by atoms with E-state index >= 15 is 0 Å². The monoisotopic (exact) mass is 345 g/mol. The van der Waals surface area contributed by atoms with E-state index in [2.05, 4.69) is 35.3 Å². The molecule has 1 aliphatic heterocycles. The summed E-state index contributed by atoms with van der Waals surface area (Å²) in [4.78, 5) is 4.60. The molecule has 1 saturated heterocycles. The van der Waals surface area contributed by atoms with Crippen LogP contribution in [-0.4, -0.2) is 16.5 Å². The van der Waals surface area contributed by atoms with Gasteiger partial charge in [0, 0.05) is 11.5 Å². The number of benzene rings is 2. The molecule has 0 radical (unpaired) electrons. The number of hydrogen-bond acceptors (Lipinski definition) is 5. The number of rotatable bonds is 4. The number of fused-ring (bicyclic) bond motifs is 1. The molecule has 2 heterocycles. The largest absolute Gasteiger partial charge is 0.486 e. The average Bonchev–Trinajstić information content (AvgIpc) is 3.22. The number of aromatic nitrogens is 1. The Balaban J connectivity index is 1.42. The van der Waals surface area contributed by atoms with Gasteiger partial charge in [-0.3, -0.25) is 0 Å². The zero-order chi connectivity index (χ0) is 14.8. The van der Waals surface area contributed by atoms with Crippen molar-refractivity contribution in [2.45, 2.75) is 11.2 Å². The maximum atomic E-state index is 5.87. The molecule has 0 atom stereocenters. The minimum atomic E-state index is 0.533. The van der Waals surface area contributed by atoms with Crippen molar-refractivity contribution >= 4 is 45.1 Å². The van der Waals surface area contributed by atoms with Gasteiger partial charge in [0.2, 0.25) is 0 Å². The second-order valence-corrected chi connectivity index (χ2v) is 8.85. The third-order valence-electron chi connectivity index (χ3n) is 3.47. The van der Waals surface area contributed by atoms with Gasteiger partial charge in [-0.1, -0.05) is 24.3 Å². The number of ether oxygens (including phenoxy) is 1. The van der Waals surface area contributed by atoms with Crippen molar-refractivity contribution in [3.05, 3.63) is 59.1 Å². The summed E-state index contributed by atoms with van der Waals surface area (Å²) in [6.07, 6.45) is 0. The third kappa shape index (κ3) is 3.12. The normalized spacial score (nSPS) is 15.5. The van der Waals surface area contributed by atoms with Crippen LogP contribution < -0.4 is 4.74 Å². The topological polar surface area (TPSA) is 22.1 Å². The molecule has 22 heavy (non-hydrogen) atoms. The molecular formula is C17H15NOS3. The van der Waals surface area contributed by atoms with E-state index in [1.54, 1.807) is 11.3 Å². The van der Waals surface area contributed by atoms with E-state index in [4.69, 9.17) is 4.74 Å². The first-order chi connectivity index (χ1) is 10.9. The lowest BCUT2D eigenvalue weighted by molar-refractivity contribution is 0.306. The first kappa shape index (κ1) is 14.4. The van der Waals surface area contributed by atoms with Gasteiger partial charge in [0.15, 0.2) is 0 Å². The van der Waals surface area contributed by atoms with Crippen LogP contribution in [0.2, 0.25) is 0 Å². The Labute approximate surface area is 142 Å². The fourth-order valence-electron chi connectivity index (χ4n) is 2.40. The van der Waals surface area contributed by atoms with Crippen LogP contribution in [0.25, 0.3) is 10.2 Å². The van der Waals surface area contributed by atoms with Crippen molar-refractivity contribution in [2.24, 2.45) is 0 Å². The molecule has 0 aliphatic carbocycles. The Morgan fingerprint density at radius 1 is 1.00 bits per heavy atom. The molecule has 2 nitrogen and oxygen atoms in total. The number of hydrogen-bond donors (Lipinski definition) is 0. The van der Waals surface area contributed by atoms with Crippen molar-refractivity contribution in [1.29, 1.82) is 0 Å². The van der Waals surface area contributed by atoms with Gasteiger partial charge in [0.25, 0.3) is 0 Å². The van der Waals surface area contributed by atoms with Gasteiger partial charge in [0.1, 0.15) is 17.4 Å². The van der Waals surface area contributed by atoms with E-state index in [-0.39, 0.29) is 0 Å². The molecule has 1 aliphatic rings. The fourth-order valence-corrected chi connectivity index (χ4v) is 6.14. The quantitative estimate of drug-likeness (QED) is 0.635. The van der Waals surface area contributed by atoms with Gasteiger partial charge in [-0.2, -0.15) is 0 Å². The SMILES string of the molecule is c1ccc2sc(COc3ccc(C4SCCS4)cc3)nc2c1. The van der Waals surface area contributed by atoms with Gasteiger partial charge < -0.3 is 4.74 Å². The van der Waals surface area contributed by atoms with Gasteiger partial charge >= 0.3 is 0 Å². The Morgan fingerprint density at radius 2 is 1.77 bits per heavy atom. The summed E-state index contributed by atoms with van der Waals surface area (Å²) in [5.74, 6) is 3.42. The van der Waals surface area contributed by atoms with Crippen LogP contribution in [0.15, 0.2) is 48.5 Å². The van der Waals surface area contributed by atoms with Crippen molar-refractivity contribution in [3.8, 4) is 5.75 Å². The summed E-state index contributed by atoms with van der Waals surface area (Å²) in [6, 6.07) is 16.7. The lowest BCUT2D eigenvalue weighted by Gasteiger charge is -2.09. The molecule has 4 rings (SSSR count). The zero-order valence-corrected chi connectivity index (χ0v) is 14.3. The van der Waals surface area contributed by atoms with E-state index < -0.39 is 0 Å². The van der Waals surface area contributed by atoms with Gasteiger partial charge in [-0.05, 0) is 29.8 Å². The van der Waals surface area contributed by atoms with Gasteiger partial charge in [-0.15, -0.1) is 34.9 Å². The van der Waals surface area contributed by atoms with Crippen LogP contribution in [0, 0.1) is 0 Å². The first-order valence-corrected chi connectivity index (χ1v) is 10.1. The van der Waals surface area contributed by atoms with Crippen LogP contribution in [0.4, 0.5) is 0 Å². The van der Waals surface area contributed by atoms with Crippen molar-refractivity contribution in [2.75, 3.05) is 11.5 Å². The smallest absolute Gasteiger partial charge is 0.140 e. The summed E-state index contributed by atoms with van der Waals surface area (Å²) in [5, 5.41) is 1.02. The Hall–Kier alpha value is -1.17. The summed E-state index contributed by atoms with van der Waals surface area (Å²) in [5.41, 5.74) is 2.44.